The Morgan fingerprint density at radius 1 is 1.24 bits per heavy atom. The summed E-state index contributed by atoms with van der Waals surface area (Å²) in [7, 11) is 0. The van der Waals surface area contributed by atoms with Crippen LogP contribution in [0.5, 0.6) is 0 Å². The van der Waals surface area contributed by atoms with Gasteiger partial charge >= 0.3 is 12.0 Å². The summed E-state index contributed by atoms with van der Waals surface area (Å²) in [6, 6.07) is 6.55. The number of rotatable bonds is 5. The van der Waals surface area contributed by atoms with Crippen molar-refractivity contribution in [2.75, 3.05) is 18.4 Å². The quantitative estimate of drug-likeness (QED) is 0.772. The molecule has 0 aliphatic rings. The van der Waals surface area contributed by atoms with Gasteiger partial charge in [0.25, 0.3) is 0 Å². The second-order valence-corrected chi connectivity index (χ2v) is 5.27. The number of carboxylic acids is 1. The van der Waals surface area contributed by atoms with Gasteiger partial charge in [-0.25, -0.2) is 4.79 Å². The van der Waals surface area contributed by atoms with Gasteiger partial charge in [0.15, 0.2) is 0 Å². The Bertz CT molecular complexity index is 682. The third-order valence-corrected chi connectivity index (χ3v) is 3.56. The highest BCUT2D eigenvalue weighted by Crippen LogP contribution is 2.24. The van der Waals surface area contributed by atoms with Crippen molar-refractivity contribution in [1.82, 2.24) is 4.90 Å². The van der Waals surface area contributed by atoms with Gasteiger partial charge in [0, 0.05) is 10.4 Å². The van der Waals surface area contributed by atoms with Crippen molar-refractivity contribution < 1.29 is 19.5 Å². The molecule has 0 unspecified atom stereocenters. The Kier molecular flexibility index (Phi) is 4.39. The first-order valence-corrected chi connectivity index (χ1v) is 6.87. The molecule has 0 atom stereocenters. The Balaban J connectivity index is 2.12. The molecular weight excluding hydrogens is 294 g/mol. The maximum absolute atomic E-state index is 12.0. The summed E-state index contributed by atoms with van der Waals surface area (Å²) in [5.41, 5.74) is 5.53. The van der Waals surface area contributed by atoms with Crippen LogP contribution in [0.1, 0.15) is 0 Å². The lowest BCUT2D eigenvalue weighted by atomic mass is 10.2. The lowest BCUT2D eigenvalue weighted by molar-refractivity contribution is -0.137. The van der Waals surface area contributed by atoms with Crippen LogP contribution in [-0.2, 0) is 9.59 Å². The van der Waals surface area contributed by atoms with Crippen molar-refractivity contribution in [3.8, 4) is 0 Å². The number of hydrogen-bond acceptors (Lipinski definition) is 4. The molecule has 0 aliphatic heterocycles. The smallest absolute Gasteiger partial charge is 0.323 e. The van der Waals surface area contributed by atoms with Crippen molar-refractivity contribution in [2.45, 2.75) is 0 Å². The minimum Gasteiger partial charge on any atom is -0.480 e. The van der Waals surface area contributed by atoms with Gasteiger partial charge in [0.05, 0.1) is 0 Å². The summed E-state index contributed by atoms with van der Waals surface area (Å²) in [5, 5.41) is 14.2. The van der Waals surface area contributed by atoms with Crippen LogP contribution in [0, 0.1) is 0 Å². The van der Waals surface area contributed by atoms with Gasteiger partial charge in [-0.1, -0.05) is 0 Å². The van der Waals surface area contributed by atoms with Gasteiger partial charge in [-0.15, -0.1) is 11.3 Å². The Morgan fingerprint density at radius 2 is 2.00 bits per heavy atom. The number of urea groups is 1. The maximum Gasteiger partial charge on any atom is 0.323 e. The monoisotopic (exact) mass is 307 g/mol. The number of anilines is 1. The molecule has 110 valence electrons. The molecule has 8 heteroatoms. The molecule has 0 spiro atoms. The van der Waals surface area contributed by atoms with Crippen LogP contribution < -0.4 is 11.1 Å². The Labute approximate surface area is 124 Å². The van der Waals surface area contributed by atoms with E-state index in [1.54, 1.807) is 23.5 Å². The molecule has 3 amide bonds. The molecule has 4 N–H and O–H groups in total. The number of primary amides is 1. The molecule has 0 radical (unpaired) electrons. The molecule has 21 heavy (non-hydrogen) atoms. The first kappa shape index (κ1) is 14.8. The number of amides is 3. The minimum atomic E-state index is -1.22. The van der Waals surface area contributed by atoms with Crippen LogP contribution in [-0.4, -0.2) is 41.0 Å². The van der Waals surface area contributed by atoms with Crippen LogP contribution in [0.25, 0.3) is 10.1 Å². The highest BCUT2D eigenvalue weighted by molar-refractivity contribution is 7.17. The normalized spacial score (nSPS) is 10.3. The molecule has 7 nitrogen and oxygen atoms in total. The lowest BCUT2D eigenvalue weighted by Crippen LogP contribution is -2.43. The number of benzene rings is 1. The topological polar surface area (TPSA) is 113 Å². The molecule has 1 aromatic carbocycles. The molecule has 0 aliphatic carbocycles. The number of nitrogens with two attached hydrogens (primary N) is 1. The third-order valence-electron chi connectivity index (χ3n) is 2.66. The molecule has 1 heterocycles. The van der Waals surface area contributed by atoms with Gasteiger partial charge in [-0.2, -0.15) is 0 Å². The first-order chi connectivity index (χ1) is 9.95. The average molecular weight is 307 g/mol. The number of carbonyl (C=O) groups excluding carboxylic acids is 2. The predicted molar refractivity (Wildman–Crippen MR) is 79.2 cm³/mol. The van der Waals surface area contributed by atoms with Crippen molar-refractivity contribution >= 4 is 45.0 Å². The van der Waals surface area contributed by atoms with Crippen LogP contribution >= 0.6 is 11.3 Å². The van der Waals surface area contributed by atoms with E-state index in [-0.39, 0.29) is 0 Å². The second kappa shape index (κ2) is 6.23. The van der Waals surface area contributed by atoms with Gasteiger partial charge < -0.3 is 21.1 Å². The van der Waals surface area contributed by atoms with Crippen molar-refractivity contribution in [3.05, 3.63) is 29.6 Å². The Hall–Kier alpha value is -2.61. The van der Waals surface area contributed by atoms with E-state index in [1.807, 2.05) is 17.5 Å². The maximum atomic E-state index is 12.0. The summed E-state index contributed by atoms with van der Waals surface area (Å²) < 4.78 is 1.08. The predicted octanol–water partition coefficient (Wildman–Crippen LogP) is 1.31. The fourth-order valence-corrected chi connectivity index (χ4v) is 2.57. The number of carbonyl (C=O) groups is 3. The first-order valence-electron chi connectivity index (χ1n) is 5.99. The fourth-order valence-electron chi connectivity index (χ4n) is 1.80. The third kappa shape index (κ3) is 3.93. The zero-order valence-corrected chi connectivity index (χ0v) is 11.7. The number of thiophene rings is 1. The number of carboxylic acid groups (broad SMARTS) is 1. The molecular formula is C13H13N3O4S. The van der Waals surface area contributed by atoms with Crippen LogP contribution in [0.4, 0.5) is 10.5 Å². The van der Waals surface area contributed by atoms with Gasteiger partial charge in [-0.05, 0) is 35.0 Å². The van der Waals surface area contributed by atoms with Crippen LogP contribution in [0.2, 0.25) is 0 Å². The van der Waals surface area contributed by atoms with E-state index < -0.39 is 31.0 Å². The lowest BCUT2D eigenvalue weighted by Gasteiger charge is -2.19. The van der Waals surface area contributed by atoms with E-state index in [0.717, 1.165) is 15.0 Å². The highest BCUT2D eigenvalue weighted by Gasteiger charge is 2.18. The number of fused-ring (bicyclic) bond motifs is 1. The van der Waals surface area contributed by atoms with E-state index in [9.17, 15) is 14.4 Å². The Morgan fingerprint density at radius 3 is 2.67 bits per heavy atom. The van der Waals surface area contributed by atoms with E-state index in [2.05, 4.69) is 5.32 Å². The van der Waals surface area contributed by atoms with Crippen LogP contribution in [0.15, 0.2) is 29.6 Å². The van der Waals surface area contributed by atoms with E-state index >= 15 is 0 Å². The molecule has 0 saturated carbocycles. The highest BCUT2D eigenvalue weighted by atomic mass is 32.1. The fraction of sp³-hybridized carbons (Fsp3) is 0.154. The second-order valence-electron chi connectivity index (χ2n) is 4.32. The standard InChI is InChI=1S/C13H13N3O4S/c14-11(17)6-16(7-12(18)19)13(20)15-9-1-2-10-8(5-9)3-4-21-10/h1-5H,6-7H2,(H2,14,17)(H,15,20)(H,18,19). The zero-order valence-electron chi connectivity index (χ0n) is 10.9. The largest absolute Gasteiger partial charge is 0.480 e. The number of hydrogen-bond donors (Lipinski definition) is 3. The summed E-state index contributed by atoms with van der Waals surface area (Å²) >= 11 is 1.58. The number of nitrogens with one attached hydrogen (secondary N) is 1. The zero-order chi connectivity index (χ0) is 15.4. The van der Waals surface area contributed by atoms with Crippen molar-refractivity contribution in [1.29, 1.82) is 0 Å². The number of aliphatic carboxylic acids is 1. The van der Waals surface area contributed by atoms with Crippen molar-refractivity contribution in [2.24, 2.45) is 5.73 Å². The average Bonchev–Trinajstić information content (AvgIpc) is 2.84. The summed E-state index contributed by atoms with van der Waals surface area (Å²) in [6.07, 6.45) is 0. The van der Waals surface area contributed by atoms with Gasteiger partial charge in [0.2, 0.25) is 5.91 Å². The van der Waals surface area contributed by atoms with Gasteiger partial charge in [-0.3, -0.25) is 9.59 Å². The van der Waals surface area contributed by atoms with E-state index in [4.69, 9.17) is 10.8 Å². The molecule has 2 rings (SSSR count). The van der Waals surface area contributed by atoms with Gasteiger partial charge in [0.1, 0.15) is 13.1 Å². The number of nitrogens with zero attached hydrogens (tertiary/aromatic N) is 1. The summed E-state index contributed by atoms with van der Waals surface area (Å²) in [6.45, 7) is -1.06. The summed E-state index contributed by atoms with van der Waals surface area (Å²) in [5.74, 6) is -2.00. The molecule has 2 aromatic rings. The SMILES string of the molecule is NC(=O)CN(CC(=O)O)C(=O)Nc1ccc2sccc2c1. The molecule has 0 fully saturated rings. The molecule has 0 bridgehead atoms. The van der Waals surface area contributed by atoms with E-state index in [0.29, 0.717) is 5.69 Å². The summed E-state index contributed by atoms with van der Waals surface area (Å²) in [4.78, 5) is 34.5. The van der Waals surface area contributed by atoms with E-state index in [1.165, 1.54) is 0 Å². The van der Waals surface area contributed by atoms with Crippen molar-refractivity contribution in [3.63, 3.8) is 0 Å². The molecule has 0 saturated heterocycles. The van der Waals surface area contributed by atoms with Crippen LogP contribution in [0.3, 0.4) is 0 Å². The minimum absolute atomic E-state index is 0.459. The molecule has 1 aromatic heterocycles.